The van der Waals surface area contributed by atoms with E-state index >= 15 is 0 Å². The Labute approximate surface area is 208 Å². The Hall–Kier alpha value is -2.56. The van der Waals surface area contributed by atoms with Gasteiger partial charge < -0.3 is 19.9 Å². The van der Waals surface area contributed by atoms with Crippen LogP contribution in [0, 0.1) is 6.92 Å². The zero-order chi connectivity index (χ0) is 23.5. The van der Waals surface area contributed by atoms with Crippen LogP contribution in [-0.2, 0) is 11.3 Å². The molecular weight excluding hydrogens is 535 g/mol. The number of nitrogens with one attached hydrogen (secondary N) is 2. The van der Waals surface area contributed by atoms with Crippen LogP contribution in [0.1, 0.15) is 34.2 Å². The highest BCUT2D eigenvalue weighted by molar-refractivity contribution is 9.10. The van der Waals surface area contributed by atoms with Gasteiger partial charge in [0.15, 0.2) is 0 Å². The van der Waals surface area contributed by atoms with Gasteiger partial charge in [-0.25, -0.2) is 9.48 Å². The monoisotopic (exact) mass is 554 g/mol. The van der Waals surface area contributed by atoms with Gasteiger partial charge in [0.05, 0.1) is 28.3 Å². The molecule has 3 heterocycles. The Balaban J connectivity index is 1.47. The van der Waals surface area contributed by atoms with E-state index in [1.54, 1.807) is 22.7 Å². The number of nitrogens with zero attached hydrogens (tertiary/aromatic N) is 4. The summed E-state index contributed by atoms with van der Waals surface area (Å²) in [7, 11) is 0. The summed E-state index contributed by atoms with van der Waals surface area (Å²) in [6, 6.07) is 8.77. The van der Waals surface area contributed by atoms with E-state index in [0.717, 1.165) is 5.56 Å². The second-order valence-electron chi connectivity index (χ2n) is 7.70. The molecule has 1 aromatic carbocycles. The van der Waals surface area contributed by atoms with Crippen molar-refractivity contribution in [2.75, 3.05) is 13.1 Å². The number of piperidine rings is 1. The highest BCUT2D eigenvalue weighted by Crippen LogP contribution is 2.30. The molecule has 1 fully saturated rings. The number of rotatable bonds is 5. The summed E-state index contributed by atoms with van der Waals surface area (Å²) in [4.78, 5) is 30.1. The van der Waals surface area contributed by atoms with Crippen LogP contribution < -0.4 is 5.32 Å². The minimum atomic E-state index is -0.428. The van der Waals surface area contributed by atoms with Crippen LogP contribution in [0.15, 0.2) is 41.1 Å². The van der Waals surface area contributed by atoms with Gasteiger partial charge in [0, 0.05) is 18.8 Å². The van der Waals surface area contributed by atoms with E-state index in [9.17, 15) is 9.59 Å². The summed E-state index contributed by atoms with van der Waals surface area (Å²) in [6.45, 7) is 2.61. The standard InChI is InChI=1S/C21H21BrCl2N6O3/c1-12-17(23)18(24)19(25-12)20(31)26-14-7-8-29(9-15(14)30-10-16(22)27-28-30)21(32)33-11-13-5-3-2-4-6-13/h2-6,10,14-15,25H,7-9,11H2,1H3,(H,26,31)/t14-,15+/m1/s1. The van der Waals surface area contributed by atoms with Gasteiger partial charge in [-0.15, -0.1) is 5.10 Å². The lowest BCUT2D eigenvalue weighted by molar-refractivity contribution is 0.0665. The summed E-state index contributed by atoms with van der Waals surface area (Å²) in [5.41, 5.74) is 1.71. The van der Waals surface area contributed by atoms with Gasteiger partial charge in [0.1, 0.15) is 16.9 Å². The molecule has 3 aromatic rings. The van der Waals surface area contributed by atoms with Crippen molar-refractivity contribution in [1.29, 1.82) is 0 Å². The third-order valence-electron chi connectivity index (χ3n) is 5.46. The molecule has 174 valence electrons. The number of halogens is 3. The number of H-pyrrole nitrogens is 1. The van der Waals surface area contributed by atoms with Crippen molar-refractivity contribution in [3.05, 3.63) is 68.1 Å². The number of ether oxygens (including phenoxy) is 1. The van der Waals surface area contributed by atoms with Crippen LogP contribution >= 0.6 is 39.1 Å². The minimum absolute atomic E-state index is 0.175. The van der Waals surface area contributed by atoms with E-state index in [1.165, 1.54) is 0 Å². The SMILES string of the molecule is Cc1[nH]c(C(=O)N[C@@H]2CCN(C(=O)OCc3ccccc3)C[C@@H]2n2cc(Br)nn2)c(Cl)c1Cl. The number of amides is 2. The Morgan fingerprint density at radius 1 is 1.27 bits per heavy atom. The van der Waals surface area contributed by atoms with Crippen molar-refractivity contribution in [3.63, 3.8) is 0 Å². The second-order valence-corrected chi connectivity index (χ2v) is 9.26. The number of carbonyl (C=O) groups is 2. The zero-order valence-electron chi connectivity index (χ0n) is 17.6. The molecule has 1 aliphatic rings. The van der Waals surface area contributed by atoms with E-state index in [1.807, 2.05) is 30.3 Å². The van der Waals surface area contributed by atoms with Crippen molar-refractivity contribution in [3.8, 4) is 0 Å². The van der Waals surface area contributed by atoms with Gasteiger partial charge >= 0.3 is 6.09 Å². The van der Waals surface area contributed by atoms with Gasteiger partial charge in [-0.05, 0) is 34.8 Å². The van der Waals surface area contributed by atoms with Crippen LogP contribution in [0.2, 0.25) is 10.0 Å². The molecule has 2 N–H and O–H groups in total. The maximum Gasteiger partial charge on any atom is 0.410 e. The number of hydrogen-bond donors (Lipinski definition) is 2. The first kappa shape index (κ1) is 23.6. The largest absolute Gasteiger partial charge is 0.445 e. The molecule has 2 amide bonds. The van der Waals surface area contributed by atoms with Crippen molar-refractivity contribution in [1.82, 2.24) is 30.2 Å². The summed E-state index contributed by atoms with van der Waals surface area (Å²) < 4.78 is 7.65. The molecule has 1 saturated heterocycles. The number of likely N-dealkylation sites (tertiary alicyclic amines) is 1. The van der Waals surface area contributed by atoms with Gasteiger partial charge in [-0.3, -0.25) is 4.79 Å². The van der Waals surface area contributed by atoms with E-state index in [-0.39, 0.29) is 41.9 Å². The molecule has 4 rings (SSSR count). The van der Waals surface area contributed by atoms with Gasteiger partial charge in [-0.2, -0.15) is 0 Å². The van der Waals surface area contributed by atoms with E-state index in [4.69, 9.17) is 27.9 Å². The summed E-state index contributed by atoms with van der Waals surface area (Å²) in [5.74, 6) is -0.385. The number of benzene rings is 1. The molecule has 0 bridgehead atoms. The molecule has 0 unspecified atom stereocenters. The van der Waals surface area contributed by atoms with E-state index in [2.05, 4.69) is 36.5 Å². The number of aryl methyl sites for hydroxylation is 1. The molecule has 1 aliphatic heterocycles. The van der Waals surface area contributed by atoms with Gasteiger partial charge in [0.2, 0.25) is 0 Å². The third-order valence-corrected chi connectivity index (χ3v) is 6.78. The molecule has 0 saturated carbocycles. The number of hydrogen-bond acceptors (Lipinski definition) is 5. The molecule has 2 aromatic heterocycles. The summed E-state index contributed by atoms with van der Waals surface area (Å²) in [6.07, 6.45) is 1.76. The highest BCUT2D eigenvalue weighted by Gasteiger charge is 2.36. The third kappa shape index (κ3) is 5.34. The Morgan fingerprint density at radius 3 is 2.67 bits per heavy atom. The van der Waals surface area contributed by atoms with E-state index in [0.29, 0.717) is 28.3 Å². The number of aromatic amines is 1. The van der Waals surface area contributed by atoms with E-state index < -0.39 is 6.09 Å². The summed E-state index contributed by atoms with van der Waals surface area (Å²) >= 11 is 15.6. The fourth-order valence-electron chi connectivity index (χ4n) is 3.73. The van der Waals surface area contributed by atoms with Crippen LogP contribution in [-0.4, -0.2) is 56.0 Å². The van der Waals surface area contributed by atoms with Crippen LogP contribution in [0.3, 0.4) is 0 Å². The first-order valence-corrected chi connectivity index (χ1v) is 11.8. The molecule has 0 aliphatic carbocycles. The topological polar surface area (TPSA) is 105 Å². The second kappa shape index (κ2) is 10.1. The normalized spacial score (nSPS) is 18.2. The van der Waals surface area contributed by atoms with Crippen molar-refractivity contribution >= 4 is 51.1 Å². The molecule has 12 heteroatoms. The van der Waals surface area contributed by atoms with Crippen molar-refractivity contribution < 1.29 is 14.3 Å². The van der Waals surface area contributed by atoms with Crippen molar-refractivity contribution in [2.45, 2.75) is 32.0 Å². The molecular formula is C21H21BrCl2N6O3. The van der Waals surface area contributed by atoms with Gasteiger partial charge in [0.25, 0.3) is 5.91 Å². The summed E-state index contributed by atoms with van der Waals surface area (Å²) in [5, 5.41) is 11.6. The lowest BCUT2D eigenvalue weighted by atomic mass is 9.99. The number of aromatic nitrogens is 4. The predicted molar refractivity (Wildman–Crippen MR) is 126 cm³/mol. The Kier molecular flexibility index (Phi) is 7.26. The fraction of sp³-hybridized carbons (Fsp3) is 0.333. The molecule has 0 spiro atoms. The molecule has 2 atom stereocenters. The smallest absolute Gasteiger partial charge is 0.410 e. The van der Waals surface area contributed by atoms with Crippen molar-refractivity contribution in [2.24, 2.45) is 0 Å². The predicted octanol–water partition coefficient (Wildman–Crippen LogP) is 4.37. The van der Waals surface area contributed by atoms with Crippen LogP contribution in [0.5, 0.6) is 0 Å². The average Bonchev–Trinajstić information content (AvgIpc) is 3.36. The quantitative estimate of drug-likeness (QED) is 0.486. The first-order chi connectivity index (χ1) is 15.8. The Morgan fingerprint density at radius 2 is 2.03 bits per heavy atom. The molecule has 0 radical (unpaired) electrons. The Bertz CT molecular complexity index is 1150. The first-order valence-electron chi connectivity index (χ1n) is 10.2. The van der Waals surface area contributed by atoms with Crippen LogP contribution in [0.4, 0.5) is 4.79 Å². The molecule has 9 nitrogen and oxygen atoms in total. The maximum absolute atomic E-state index is 12.9. The molecule has 33 heavy (non-hydrogen) atoms. The lowest BCUT2D eigenvalue weighted by Gasteiger charge is -2.38. The fourth-order valence-corrected chi connectivity index (χ4v) is 4.43. The minimum Gasteiger partial charge on any atom is -0.445 e. The van der Waals surface area contributed by atoms with Gasteiger partial charge in [-0.1, -0.05) is 58.7 Å². The average molecular weight is 556 g/mol. The van der Waals surface area contributed by atoms with Crippen LogP contribution in [0.25, 0.3) is 0 Å². The maximum atomic E-state index is 12.9. The lowest BCUT2D eigenvalue weighted by Crippen LogP contribution is -2.53. The highest BCUT2D eigenvalue weighted by atomic mass is 79.9. The zero-order valence-corrected chi connectivity index (χ0v) is 20.7. The number of carbonyl (C=O) groups excluding carboxylic acids is 2.